The molecule has 110 valence electrons. The highest BCUT2D eigenvalue weighted by molar-refractivity contribution is 6.33. The van der Waals surface area contributed by atoms with E-state index in [-0.39, 0.29) is 11.9 Å². The fourth-order valence-electron chi connectivity index (χ4n) is 2.45. The van der Waals surface area contributed by atoms with Crippen LogP contribution in [0.5, 0.6) is 0 Å². The lowest BCUT2D eigenvalue weighted by atomic mass is 9.96. The summed E-state index contributed by atoms with van der Waals surface area (Å²) in [4.78, 5) is 12.3. The van der Waals surface area contributed by atoms with Crippen molar-refractivity contribution in [1.82, 2.24) is 5.32 Å². The molecule has 1 unspecified atom stereocenters. The van der Waals surface area contributed by atoms with Crippen LogP contribution in [0.2, 0.25) is 5.02 Å². The van der Waals surface area contributed by atoms with Crippen LogP contribution in [0.15, 0.2) is 36.4 Å². The SMILES string of the molecule is Cc1cc(C)c(C(C)NC(=O)c2ccccc2Cl)cc1C. The van der Waals surface area contributed by atoms with Crippen LogP contribution in [0, 0.1) is 20.8 Å². The molecule has 1 amide bonds. The highest BCUT2D eigenvalue weighted by atomic mass is 35.5. The summed E-state index contributed by atoms with van der Waals surface area (Å²) >= 11 is 6.07. The lowest BCUT2D eigenvalue weighted by molar-refractivity contribution is 0.0940. The Morgan fingerprint density at radius 1 is 1.05 bits per heavy atom. The number of aryl methyl sites for hydroxylation is 3. The molecule has 2 nitrogen and oxygen atoms in total. The van der Waals surface area contributed by atoms with Crippen LogP contribution >= 0.6 is 11.6 Å². The number of nitrogens with one attached hydrogen (secondary N) is 1. The van der Waals surface area contributed by atoms with E-state index in [0.717, 1.165) is 5.56 Å². The van der Waals surface area contributed by atoms with Crippen LogP contribution in [0.25, 0.3) is 0 Å². The molecular formula is C18H20ClNO. The minimum absolute atomic E-state index is 0.0620. The van der Waals surface area contributed by atoms with Crippen molar-refractivity contribution in [3.05, 3.63) is 69.2 Å². The smallest absolute Gasteiger partial charge is 0.253 e. The minimum Gasteiger partial charge on any atom is -0.345 e. The van der Waals surface area contributed by atoms with Gasteiger partial charge in [-0.25, -0.2) is 0 Å². The van der Waals surface area contributed by atoms with Crippen molar-refractivity contribution in [1.29, 1.82) is 0 Å². The van der Waals surface area contributed by atoms with E-state index in [1.54, 1.807) is 12.1 Å². The van der Waals surface area contributed by atoms with Gasteiger partial charge in [-0.3, -0.25) is 4.79 Å². The molecule has 1 N–H and O–H groups in total. The molecule has 0 heterocycles. The van der Waals surface area contributed by atoms with E-state index in [1.165, 1.54) is 16.7 Å². The van der Waals surface area contributed by atoms with Gasteiger partial charge in [0.1, 0.15) is 0 Å². The third kappa shape index (κ3) is 3.45. The van der Waals surface area contributed by atoms with E-state index < -0.39 is 0 Å². The molecule has 0 bridgehead atoms. The van der Waals surface area contributed by atoms with Gasteiger partial charge in [0, 0.05) is 0 Å². The Kier molecular flexibility index (Phi) is 4.69. The molecule has 21 heavy (non-hydrogen) atoms. The molecule has 0 aliphatic carbocycles. The number of hydrogen-bond donors (Lipinski definition) is 1. The fourth-order valence-corrected chi connectivity index (χ4v) is 2.67. The van der Waals surface area contributed by atoms with Crippen molar-refractivity contribution in [3.8, 4) is 0 Å². The zero-order valence-electron chi connectivity index (χ0n) is 12.8. The van der Waals surface area contributed by atoms with E-state index in [4.69, 9.17) is 11.6 Å². The molecule has 0 aliphatic rings. The Labute approximate surface area is 131 Å². The van der Waals surface area contributed by atoms with Crippen molar-refractivity contribution >= 4 is 17.5 Å². The average molecular weight is 302 g/mol. The lowest BCUT2D eigenvalue weighted by Crippen LogP contribution is -2.27. The molecule has 0 aromatic heterocycles. The monoisotopic (exact) mass is 301 g/mol. The number of carbonyl (C=O) groups excluding carboxylic acids is 1. The van der Waals surface area contributed by atoms with Crippen LogP contribution in [0.4, 0.5) is 0 Å². The molecule has 3 heteroatoms. The van der Waals surface area contributed by atoms with Crippen molar-refractivity contribution in [3.63, 3.8) is 0 Å². The number of rotatable bonds is 3. The second-order valence-electron chi connectivity index (χ2n) is 5.47. The maximum Gasteiger partial charge on any atom is 0.253 e. The lowest BCUT2D eigenvalue weighted by Gasteiger charge is -2.18. The largest absolute Gasteiger partial charge is 0.345 e. The molecule has 2 aromatic rings. The molecule has 0 fully saturated rings. The molecule has 2 rings (SSSR count). The first-order chi connectivity index (χ1) is 9.90. The standard InChI is InChI=1S/C18H20ClNO/c1-11-9-13(3)16(10-12(11)2)14(4)20-18(21)15-7-5-6-8-17(15)19/h5-10,14H,1-4H3,(H,20,21). The number of benzene rings is 2. The number of amides is 1. The van der Waals surface area contributed by atoms with E-state index in [1.807, 2.05) is 19.1 Å². The van der Waals surface area contributed by atoms with Crippen LogP contribution in [0.3, 0.4) is 0 Å². The predicted molar refractivity (Wildman–Crippen MR) is 88.0 cm³/mol. The summed E-state index contributed by atoms with van der Waals surface area (Å²) < 4.78 is 0. The Bertz CT molecular complexity index is 679. The average Bonchev–Trinajstić information content (AvgIpc) is 2.43. The molecule has 0 saturated heterocycles. The number of carbonyl (C=O) groups is 1. The van der Waals surface area contributed by atoms with Crippen LogP contribution < -0.4 is 5.32 Å². The maximum absolute atomic E-state index is 12.3. The van der Waals surface area contributed by atoms with E-state index in [9.17, 15) is 4.79 Å². The number of halogens is 1. The van der Waals surface area contributed by atoms with Gasteiger partial charge >= 0.3 is 0 Å². The summed E-state index contributed by atoms with van der Waals surface area (Å²) in [5.74, 6) is -0.147. The predicted octanol–water partition coefficient (Wildman–Crippen LogP) is 4.76. The fraction of sp³-hybridized carbons (Fsp3) is 0.278. The van der Waals surface area contributed by atoms with Gasteiger partial charge in [-0.15, -0.1) is 0 Å². The quantitative estimate of drug-likeness (QED) is 0.870. The van der Waals surface area contributed by atoms with Gasteiger partial charge < -0.3 is 5.32 Å². The Hall–Kier alpha value is -1.80. The first kappa shape index (κ1) is 15.6. The van der Waals surface area contributed by atoms with Crippen molar-refractivity contribution in [2.24, 2.45) is 0 Å². The third-order valence-electron chi connectivity index (χ3n) is 3.81. The van der Waals surface area contributed by atoms with Crippen LogP contribution in [-0.2, 0) is 0 Å². The summed E-state index contributed by atoms with van der Waals surface area (Å²) in [5, 5.41) is 3.49. The first-order valence-electron chi connectivity index (χ1n) is 7.03. The molecule has 1 atom stereocenters. The highest BCUT2D eigenvalue weighted by Crippen LogP contribution is 2.23. The molecule has 0 spiro atoms. The van der Waals surface area contributed by atoms with Gasteiger partial charge in [0.2, 0.25) is 0 Å². The Morgan fingerprint density at radius 2 is 1.67 bits per heavy atom. The van der Waals surface area contributed by atoms with Crippen LogP contribution in [-0.4, -0.2) is 5.91 Å². The highest BCUT2D eigenvalue weighted by Gasteiger charge is 2.15. The van der Waals surface area contributed by atoms with Gasteiger partial charge in [-0.05, 0) is 62.1 Å². The van der Waals surface area contributed by atoms with Gasteiger partial charge in [-0.2, -0.15) is 0 Å². The second-order valence-corrected chi connectivity index (χ2v) is 5.88. The van der Waals surface area contributed by atoms with Gasteiger partial charge in [-0.1, -0.05) is 35.9 Å². The third-order valence-corrected chi connectivity index (χ3v) is 4.14. The van der Waals surface area contributed by atoms with Gasteiger partial charge in [0.05, 0.1) is 16.6 Å². The molecule has 0 saturated carbocycles. The van der Waals surface area contributed by atoms with Gasteiger partial charge in [0.15, 0.2) is 0 Å². The summed E-state index contributed by atoms with van der Waals surface area (Å²) in [6, 6.07) is 11.3. The van der Waals surface area contributed by atoms with Gasteiger partial charge in [0.25, 0.3) is 5.91 Å². The van der Waals surface area contributed by atoms with E-state index >= 15 is 0 Å². The maximum atomic E-state index is 12.3. The molecular weight excluding hydrogens is 282 g/mol. The number of hydrogen-bond acceptors (Lipinski definition) is 1. The summed E-state index contributed by atoms with van der Waals surface area (Å²) in [5.41, 5.74) is 5.33. The van der Waals surface area contributed by atoms with Crippen molar-refractivity contribution in [2.45, 2.75) is 33.7 Å². The summed E-state index contributed by atoms with van der Waals surface area (Å²) in [7, 11) is 0. The van der Waals surface area contributed by atoms with E-state index in [2.05, 4.69) is 38.2 Å². The van der Waals surface area contributed by atoms with Crippen molar-refractivity contribution < 1.29 is 4.79 Å². The summed E-state index contributed by atoms with van der Waals surface area (Å²) in [6.45, 7) is 8.24. The zero-order valence-corrected chi connectivity index (χ0v) is 13.6. The van der Waals surface area contributed by atoms with E-state index in [0.29, 0.717) is 10.6 Å². The van der Waals surface area contributed by atoms with Crippen molar-refractivity contribution in [2.75, 3.05) is 0 Å². The molecule has 0 radical (unpaired) electrons. The van der Waals surface area contributed by atoms with Crippen LogP contribution in [0.1, 0.15) is 45.6 Å². The minimum atomic E-state index is -0.147. The first-order valence-corrected chi connectivity index (χ1v) is 7.41. The Balaban J connectivity index is 2.22. The summed E-state index contributed by atoms with van der Waals surface area (Å²) in [6.07, 6.45) is 0. The zero-order chi connectivity index (χ0) is 15.6. The normalized spacial score (nSPS) is 12.0. The molecule has 2 aromatic carbocycles. The Morgan fingerprint density at radius 3 is 2.33 bits per heavy atom. The molecule has 0 aliphatic heterocycles. The topological polar surface area (TPSA) is 29.1 Å². The second kappa shape index (κ2) is 6.31.